The summed E-state index contributed by atoms with van der Waals surface area (Å²) in [6, 6.07) is 5.53. The molecule has 0 fully saturated rings. The predicted octanol–water partition coefficient (Wildman–Crippen LogP) is 2.23. The second-order valence-electron chi connectivity index (χ2n) is 5.05. The molecule has 0 bridgehead atoms. The largest absolute Gasteiger partial charge is 0.496 e. The Morgan fingerprint density at radius 2 is 2.14 bits per heavy atom. The van der Waals surface area contributed by atoms with Gasteiger partial charge in [-0.3, -0.25) is 4.79 Å². The highest BCUT2D eigenvalue weighted by Gasteiger charge is 2.17. The van der Waals surface area contributed by atoms with Crippen LogP contribution in [-0.2, 0) is 0 Å². The van der Waals surface area contributed by atoms with E-state index in [-0.39, 0.29) is 11.3 Å². The van der Waals surface area contributed by atoms with Crippen molar-refractivity contribution in [2.45, 2.75) is 37.6 Å². The minimum atomic E-state index is -0.386. The zero-order chi connectivity index (χ0) is 16.3. The Morgan fingerprint density at radius 3 is 2.77 bits per heavy atom. The number of nitrogen functional groups attached to an aromatic ring is 1. The highest BCUT2D eigenvalue weighted by molar-refractivity contribution is 7.99. The van der Waals surface area contributed by atoms with Crippen LogP contribution in [0, 0.1) is 6.92 Å². The highest BCUT2D eigenvalue weighted by Crippen LogP contribution is 2.28. The van der Waals surface area contributed by atoms with Crippen LogP contribution in [0.15, 0.2) is 28.2 Å². The first-order valence-electron chi connectivity index (χ1n) is 7.04. The smallest absolute Gasteiger partial charge is 0.299 e. The summed E-state index contributed by atoms with van der Waals surface area (Å²) in [5, 5.41) is 8.89. The number of benzene rings is 1. The van der Waals surface area contributed by atoms with E-state index in [1.54, 1.807) is 13.2 Å². The average Bonchev–Trinajstić information content (AvgIpc) is 2.52. The Balaban J connectivity index is 2.50. The molecule has 0 spiro atoms. The molecule has 0 amide bonds. The van der Waals surface area contributed by atoms with E-state index in [4.69, 9.17) is 10.6 Å². The molecule has 2 N–H and O–H groups in total. The summed E-state index contributed by atoms with van der Waals surface area (Å²) in [6.45, 7) is 6.06. The van der Waals surface area contributed by atoms with Crippen LogP contribution >= 0.6 is 11.8 Å². The van der Waals surface area contributed by atoms with Crippen LogP contribution < -0.4 is 16.1 Å². The molecule has 1 atom stereocenters. The Morgan fingerprint density at radius 1 is 1.41 bits per heavy atom. The molecule has 7 heteroatoms. The summed E-state index contributed by atoms with van der Waals surface area (Å²) >= 11 is 1.43. The fourth-order valence-electron chi connectivity index (χ4n) is 1.89. The second-order valence-corrected chi connectivity index (χ2v) is 6.45. The molecule has 1 aromatic carbocycles. The first-order chi connectivity index (χ1) is 10.5. The number of methoxy groups -OCH3 is 1. The summed E-state index contributed by atoms with van der Waals surface area (Å²) < 4.78 is 6.38. The second kappa shape index (κ2) is 6.83. The number of hydrogen-bond acceptors (Lipinski definition) is 6. The van der Waals surface area contributed by atoms with E-state index in [9.17, 15) is 4.79 Å². The molecular formula is C15H20N4O2S. The van der Waals surface area contributed by atoms with Crippen LogP contribution in [0.1, 0.15) is 25.8 Å². The van der Waals surface area contributed by atoms with Gasteiger partial charge in [0.2, 0.25) is 5.16 Å². The molecule has 1 unspecified atom stereocenters. The molecule has 0 saturated carbocycles. The van der Waals surface area contributed by atoms with E-state index in [2.05, 4.69) is 17.1 Å². The summed E-state index contributed by atoms with van der Waals surface area (Å²) in [5.74, 6) is 6.46. The number of ether oxygens (including phenoxy) is 1. The molecule has 0 aliphatic rings. The summed E-state index contributed by atoms with van der Waals surface area (Å²) in [6.07, 6.45) is 0.952. The van der Waals surface area contributed by atoms with E-state index in [1.165, 1.54) is 11.8 Å². The number of aromatic nitrogens is 3. The van der Waals surface area contributed by atoms with Crippen molar-refractivity contribution in [1.29, 1.82) is 0 Å². The van der Waals surface area contributed by atoms with Gasteiger partial charge in [-0.1, -0.05) is 31.7 Å². The normalized spacial score (nSPS) is 12.2. The maximum Gasteiger partial charge on any atom is 0.299 e. The van der Waals surface area contributed by atoms with Gasteiger partial charge in [0, 0.05) is 10.8 Å². The van der Waals surface area contributed by atoms with Gasteiger partial charge in [0.1, 0.15) is 5.75 Å². The van der Waals surface area contributed by atoms with E-state index >= 15 is 0 Å². The number of aryl methyl sites for hydroxylation is 1. The summed E-state index contributed by atoms with van der Waals surface area (Å²) in [4.78, 5) is 12.5. The van der Waals surface area contributed by atoms with Crippen molar-refractivity contribution in [3.8, 4) is 17.0 Å². The number of thioether (sulfide) groups is 1. The average molecular weight is 320 g/mol. The predicted molar refractivity (Wildman–Crippen MR) is 88.8 cm³/mol. The third-order valence-corrected chi connectivity index (χ3v) is 4.58. The van der Waals surface area contributed by atoms with Crippen LogP contribution in [0.3, 0.4) is 0 Å². The van der Waals surface area contributed by atoms with Gasteiger partial charge < -0.3 is 10.6 Å². The molecule has 1 aromatic heterocycles. The maximum absolute atomic E-state index is 12.5. The molecule has 0 aliphatic heterocycles. The lowest BCUT2D eigenvalue weighted by Crippen LogP contribution is -2.32. The molecule has 22 heavy (non-hydrogen) atoms. The van der Waals surface area contributed by atoms with Crippen molar-refractivity contribution in [3.05, 3.63) is 34.1 Å². The fraction of sp³-hybridized carbons (Fsp3) is 0.400. The van der Waals surface area contributed by atoms with Crippen LogP contribution in [0.5, 0.6) is 5.75 Å². The van der Waals surface area contributed by atoms with E-state index < -0.39 is 0 Å². The molecule has 6 nitrogen and oxygen atoms in total. The first kappa shape index (κ1) is 16.4. The Hall–Kier alpha value is -2.02. The third kappa shape index (κ3) is 3.24. The molecule has 0 radical (unpaired) electrons. The van der Waals surface area contributed by atoms with Crippen molar-refractivity contribution in [1.82, 2.24) is 14.9 Å². The van der Waals surface area contributed by atoms with Crippen LogP contribution in [0.2, 0.25) is 0 Å². The quantitative estimate of drug-likeness (QED) is 0.672. The van der Waals surface area contributed by atoms with E-state index in [0.717, 1.165) is 16.7 Å². The summed E-state index contributed by atoms with van der Waals surface area (Å²) in [7, 11) is 1.56. The monoisotopic (exact) mass is 320 g/mol. The van der Waals surface area contributed by atoms with Crippen molar-refractivity contribution in [2.75, 3.05) is 13.0 Å². The number of rotatable bonds is 5. The molecule has 0 aliphatic carbocycles. The Labute approximate surface area is 133 Å². The minimum absolute atomic E-state index is 0.188. The van der Waals surface area contributed by atoms with Gasteiger partial charge in [-0.25, -0.2) is 0 Å². The van der Waals surface area contributed by atoms with Gasteiger partial charge in [0.15, 0.2) is 5.69 Å². The van der Waals surface area contributed by atoms with Crippen LogP contribution in [0.25, 0.3) is 11.3 Å². The Bertz CT molecular complexity index is 730. The minimum Gasteiger partial charge on any atom is -0.496 e. The van der Waals surface area contributed by atoms with Gasteiger partial charge in [-0.2, -0.15) is 4.68 Å². The van der Waals surface area contributed by atoms with E-state index in [1.807, 2.05) is 26.0 Å². The lowest BCUT2D eigenvalue weighted by atomic mass is 10.1. The highest BCUT2D eigenvalue weighted by atomic mass is 32.2. The number of nitrogens with zero attached hydrogens (tertiary/aromatic N) is 3. The maximum atomic E-state index is 12.5. The van der Waals surface area contributed by atoms with Crippen molar-refractivity contribution < 1.29 is 4.74 Å². The first-order valence-corrected chi connectivity index (χ1v) is 7.92. The van der Waals surface area contributed by atoms with Gasteiger partial charge in [-0.05, 0) is 31.0 Å². The third-order valence-electron chi connectivity index (χ3n) is 3.36. The van der Waals surface area contributed by atoms with Crippen molar-refractivity contribution >= 4 is 11.8 Å². The summed E-state index contributed by atoms with van der Waals surface area (Å²) in [5.41, 5.74) is 1.42. The van der Waals surface area contributed by atoms with E-state index in [0.29, 0.717) is 21.7 Å². The Kier molecular flexibility index (Phi) is 5.07. The SMILES string of the molecule is CCC(C)Sc1nnc(-c2ccc(C)cc2OC)c(=O)n1N. The lowest BCUT2D eigenvalue weighted by molar-refractivity contribution is 0.415. The molecule has 1 heterocycles. The zero-order valence-corrected chi connectivity index (χ0v) is 14.0. The standard InChI is InChI=1S/C15H20N4O2S/c1-5-10(3)22-15-18-17-13(14(20)19(15)16)11-7-6-9(2)8-12(11)21-4/h6-8,10H,5,16H2,1-4H3. The van der Waals surface area contributed by atoms with Gasteiger partial charge in [-0.15, -0.1) is 10.2 Å². The molecule has 2 aromatic rings. The van der Waals surface area contributed by atoms with Gasteiger partial charge in [0.25, 0.3) is 5.56 Å². The number of nitrogens with two attached hydrogens (primary N) is 1. The molecule has 0 saturated heterocycles. The zero-order valence-electron chi connectivity index (χ0n) is 13.2. The van der Waals surface area contributed by atoms with Crippen LogP contribution in [-0.4, -0.2) is 27.2 Å². The lowest BCUT2D eigenvalue weighted by Gasteiger charge is -2.12. The van der Waals surface area contributed by atoms with Gasteiger partial charge >= 0.3 is 0 Å². The van der Waals surface area contributed by atoms with Crippen LogP contribution in [0.4, 0.5) is 0 Å². The molecule has 2 rings (SSSR count). The van der Waals surface area contributed by atoms with Crippen molar-refractivity contribution in [3.63, 3.8) is 0 Å². The topological polar surface area (TPSA) is 83.0 Å². The van der Waals surface area contributed by atoms with Gasteiger partial charge in [0.05, 0.1) is 7.11 Å². The number of hydrogen-bond donors (Lipinski definition) is 1. The molecular weight excluding hydrogens is 300 g/mol. The molecule has 118 valence electrons. The van der Waals surface area contributed by atoms with Crippen molar-refractivity contribution in [2.24, 2.45) is 0 Å². The fourth-order valence-corrected chi connectivity index (χ4v) is 2.70.